The molecule has 3 heteroatoms. The van der Waals surface area contributed by atoms with E-state index >= 15 is 0 Å². The van der Waals surface area contributed by atoms with Gasteiger partial charge in [0.15, 0.2) is 0 Å². The molecule has 3 aromatic rings. The lowest BCUT2D eigenvalue weighted by Crippen LogP contribution is -1.90. The van der Waals surface area contributed by atoms with Crippen molar-refractivity contribution in [3.05, 3.63) is 77.9 Å². The number of benzene rings is 2. The molecule has 0 unspecified atom stereocenters. The third kappa shape index (κ3) is 3.74. The SMILES string of the molecule is CCc1ccc(-c2ccc(SCc3ccccc3)nn2)cc1. The van der Waals surface area contributed by atoms with Crippen molar-refractivity contribution in [2.45, 2.75) is 24.1 Å². The van der Waals surface area contributed by atoms with Gasteiger partial charge in [0.25, 0.3) is 0 Å². The third-order valence-corrected chi connectivity index (χ3v) is 4.52. The fraction of sp³-hybridized carbons (Fsp3) is 0.158. The first kappa shape index (κ1) is 14.8. The predicted molar refractivity (Wildman–Crippen MR) is 92.8 cm³/mol. The van der Waals surface area contributed by atoms with Crippen molar-refractivity contribution in [1.29, 1.82) is 0 Å². The largest absolute Gasteiger partial charge is 0.149 e. The maximum absolute atomic E-state index is 4.35. The molecule has 0 saturated carbocycles. The number of aryl methyl sites for hydroxylation is 1. The van der Waals surface area contributed by atoms with Gasteiger partial charge in [-0.05, 0) is 29.7 Å². The quantitative estimate of drug-likeness (QED) is 0.620. The molecule has 2 aromatic carbocycles. The molecular formula is C19H18N2S. The third-order valence-electron chi connectivity index (χ3n) is 3.53. The molecule has 0 bridgehead atoms. The minimum Gasteiger partial charge on any atom is -0.149 e. The average Bonchev–Trinajstić information content (AvgIpc) is 2.61. The summed E-state index contributed by atoms with van der Waals surface area (Å²) < 4.78 is 0. The summed E-state index contributed by atoms with van der Waals surface area (Å²) in [5.74, 6) is 0.917. The highest BCUT2D eigenvalue weighted by atomic mass is 32.2. The molecule has 2 nitrogen and oxygen atoms in total. The predicted octanol–water partition coefficient (Wildman–Crippen LogP) is 5.00. The Morgan fingerprint density at radius 2 is 1.55 bits per heavy atom. The molecule has 0 spiro atoms. The zero-order valence-corrected chi connectivity index (χ0v) is 13.4. The summed E-state index contributed by atoms with van der Waals surface area (Å²) in [5.41, 5.74) is 4.68. The fourth-order valence-electron chi connectivity index (χ4n) is 2.19. The lowest BCUT2D eigenvalue weighted by molar-refractivity contribution is 0.935. The minimum absolute atomic E-state index is 0.917. The first-order valence-corrected chi connectivity index (χ1v) is 8.43. The van der Waals surface area contributed by atoms with E-state index in [-0.39, 0.29) is 0 Å². The summed E-state index contributed by atoms with van der Waals surface area (Å²) in [7, 11) is 0. The second-order valence-corrected chi connectivity index (χ2v) is 6.08. The van der Waals surface area contributed by atoms with Crippen LogP contribution in [-0.4, -0.2) is 10.2 Å². The maximum atomic E-state index is 4.35. The van der Waals surface area contributed by atoms with Gasteiger partial charge in [-0.2, -0.15) is 0 Å². The number of rotatable bonds is 5. The molecule has 3 rings (SSSR count). The zero-order chi connectivity index (χ0) is 15.2. The van der Waals surface area contributed by atoms with Crippen LogP contribution >= 0.6 is 11.8 Å². The topological polar surface area (TPSA) is 25.8 Å². The molecule has 0 aliphatic carbocycles. The molecule has 0 N–H and O–H groups in total. The van der Waals surface area contributed by atoms with Gasteiger partial charge in [-0.1, -0.05) is 73.3 Å². The van der Waals surface area contributed by atoms with Gasteiger partial charge in [0.05, 0.1) is 5.69 Å². The summed E-state index contributed by atoms with van der Waals surface area (Å²) in [6.07, 6.45) is 1.06. The van der Waals surface area contributed by atoms with Crippen molar-refractivity contribution in [2.75, 3.05) is 0 Å². The van der Waals surface area contributed by atoms with Gasteiger partial charge in [-0.3, -0.25) is 0 Å². The molecule has 22 heavy (non-hydrogen) atoms. The second-order valence-electron chi connectivity index (χ2n) is 5.08. The fourth-order valence-corrected chi connectivity index (χ4v) is 2.96. The van der Waals surface area contributed by atoms with Crippen molar-refractivity contribution < 1.29 is 0 Å². The Bertz CT molecular complexity index is 707. The Morgan fingerprint density at radius 1 is 0.773 bits per heavy atom. The van der Waals surface area contributed by atoms with Crippen molar-refractivity contribution in [1.82, 2.24) is 10.2 Å². The van der Waals surface area contributed by atoms with E-state index in [1.165, 1.54) is 11.1 Å². The van der Waals surface area contributed by atoms with Gasteiger partial charge in [0, 0.05) is 11.3 Å². The van der Waals surface area contributed by atoms with Gasteiger partial charge in [0.2, 0.25) is 0 Å². The van der Waals surface area contributed by atoms with E-state index in [1.54, 1.807) is 11.8 Å². The van der Waals surface area contributed by atoms with Crippen LogP contribution in [0.2, 0.25) is 0 Å². The van der Waals surface area contributed by atoms with Crippen LogP contribution in [-0.2, 0) is 12.2 Å². The van der Waals surface area contributed by atoms with Gasteiger partial charge >= 0.3 is 0 Å². The highest BCUT2D eigenvalue weighted by molar-refractivity contribution is 7.98. The maximum Gasteiger partial charge on any atom is 0.119 e. The van der Waals surface area contributed by atoms with E-state index in [0.29, 0.717) is 0 Å². The van der Waals surface area contributed by atoms with E-state index in [1.807, 2.05) is 18.2 Å². The first-order valence-electron chi connectivity index (χ1n) is 7.45. The van der Waals surface area contributed by atoms with E-state index < -0.39 is 0 Å². The highest BCUT2D eigenvalue weighted by Gasteiger charge is 2.02. The molecule has 1 heterocycles. The monoisotopic (exact) mass is 306 g/mol. The Balaban J connectivity index is 1.67. The molecule has 0 saturated heterocycles. The van der Waals surface area contributed by atoms with Crippen LogP contribution in [0, 0.1) is 0 Å². The van der Waals surface area contributed by atoms with E-state index in [4.69, 9.17) is 0 Å². The van der Waals surface area contributed by atoms with Crippen LogP contribution in [0.5, 0.6) is 0 Å². The number of aromatic nitrogens is 2. The standard InChI is InChI=1S/C19H18N2S/c1-2-15-8-10-17(11-9-15)18-12-13-19(21-20-18)22-14-16-6-4-3-5-7-16/h3-13H,2,14H2,1H3. The summed E-state index contributed by atoms with van der Waals surface area (Å²) in [6.45, 7) is 2.16. The number of hydrogen-bond donors (Lipinski definition) is 0. The molecule has 0 aliphatic heterocycles. The summed E-state index contributed by atoms with van der Waals surface area (Å²) in [5, 5.41) is 9.63. The summed E-state index contributed by atoms with van der Waals surface area (Å²) in [4.78, 5) is 0. The second kappa shape index (κ2) is 7.23. The molecule has 0 aliphatic rings. The van der Waals surface area contributed by atoms with E-state index in [0.717, 1.165) is 28.5 Å². The normalized spacial score (nSPS) is 10.6. The number of hydrogen-bond acceptors (Lipinski definition) is 3. The average molecular weight is 306 g/mol. The Hall–Kier alpha value is -2.13. The van der Waals surface area contributed by atoms with Gasteiger partial charge in [0.1, 0.15) is 5.03 Å². The van der Waals surface area contributed by atoms with Crippen LogP contribution in [0.25, 0.3) is 11.3 Å². The molecule has 0 amide bonds. The van der Waals surface area contributed by atoms with Gasteiger partial charge in [-0.25, -0.2) is 0 Å². The van der Waals surface area contributed by atoms with Crippen LogP contribution < -0.4 is 0 Å². The lowest BCUT2D eigenvalue weighted by Gasteiger charge is -2.04. The molecule has 1 aromatic heterocycles. The van der Waals surface area contributed by atoms with Crippen molar-refractivity contribution >= 4 is 11.8 Å². The van der Waals surface area contributed by atoms with Crippen molar-refractivity contribution in [3.63, 3.8) is 0 Å². The summed E-state index contributed by atoms with van der Waals surface area (Å²) in [6, 6.07) is 23.0. The summed E-state index contributed by atoms with van der Waals surface area (Å²) >= 11 is 1.71. The van der Waals surface area contributed by atoms with Gasteiger partial charge < -0.3 is 0 Å². The van der Waals surface area contributed by atoms with E-state index in [9.17, 15) is 0 Å². The van der Waals surface area contributed by atoms with Crippen LogP contribution in [0.4, 0.5) is 0 Å². The Labute approximate surface area is 135 Å². The molecule has 0 atom stereocenters. The number of thioether (sulfide) groups is 1. The smallest absolute Gasteiger partial charge is 0.119 e. The van der Waals surface area contributed by atoms with Gasteiger partial charge in [-0.15, -0.1) is 10.2 Å². The van der Waals surface area contributed by atoms with Crippen LogP contribution in [0.1, 0.15) is 18.1 Å². The molecule has 0 radical (unpaired) electrons. The Morgan fingerprint density at radius 3 is 2.18 bits per heavy atom. The highest BCUT2D eigenvalue weighted by Crippen LogP contribution is 2.23. The first-order chi connectivity index (χ1) is 10.8. The van der Waals surface area contributed by atoms with E-state index in [2.05, 4.69) is 65.7 Å². The van der Waals surface area contributed by atoms with Crippen LogP contribution in [0.3, 0.4) is 0 Å². The zero-order valence-electron chi connectivity index (χ0n) is 12.6. The molecular weight excluding hydrogens is 288 g/mol. The Kier molecular flexibility index (Phi) is 4.86. The van der Waals surface area contributed by atoms with Crippen LogP contribution in [0.15, 0.2) is 71.8 Å². The molecule has 110 valence electrons. The lowest BCUT2D eigenvalue weighted by atomic mass is 10.1. The molecule has 0 fully saturated rings. The van der Waals surface area contributed by atoms with Crippen molar-refractivity contribution in [3.8, 4) is 11.3 Å². The minimum atomic E-state index is 0.917. The number of nitrogens with zero attached hydrogens (tertiary/aromatic N) is 2. The van der Waals surface area contributed by atoms with Crippen molar-refractivity contribution in [2.24, 2.45) is 0 Å².